The van der Waals surface area contributed by atoms with Crippen LogP contribution in [0.1, 0.15) is 78.1 Å². The molecule has 0 saturated heterocycles. The third-order valence-electron chi connectivity index (χ3n) is 2.97. The van der Waals surface area contributed by atoms with Crippen LogP contribution >= 0.6 is 0 Å². The Balaban J connectivity index is 2.98. The normalized spacial score (nSPS) is 12.9. The molecule has 98 valence electrons. The van der Waals surface area contributed by atoms with Crippen molar-refractivity contribution in [3.8, 4) is 0 Å². The van der Waals surface area contributed by atoms with Crippen molar-refractivity contribution < 1.29 is 4.74 Å². The van der Waals surface area contributed by atoms with E-state index in [-0.39, 0.29) is 6.23 Å². The van der Waals surface area contributed by atoms with Crippen molar-refractivity contribution in [1.29, 1.82) is 0 Å². The summed E-state index contributed by atoms with van der Waals surface area (Å²) < 4.78 is 5.29. The third-order valence-corrected chi connectivity index (χ3v) is 2.97. The van der Waals surface area contributed by atoms with Crippen molar-refractivity contribution in [2.75, 3.05) is 6.61 Å². The molecule has 0 radical (unpaired) electrons. The van der Waals surface area contributed by atoms with Gasteiger partial charge in [0.25, 0.3) is 0 Å². The molecule has 0 aromatic carbocycles. The van der Waals surface area contributed by atoms with E-state index in [9.17, 15) is 0 Å². The standard InChI is InChI=1S/C14H31NO/c1-3-5-6-7-8-9-10-11-12-13-14(15)16-4-2/h14H,3-13,15H2,1-2H3. The molecule has 0 spiro atoms. The lowest BCUT2D eigenvalue weighted by atomic mass is 10.1. The molecule has 0 fully saturated rings. The van der Waals surface area contributed by atoms with Gasteiger partial charge in [-0.1, -0.05) is 58.3 Å². The number of ether oxygens (including phenoxy) is 1. The fourth-order valence-corrected chi connectivity index (χ4v) is 1.95. The van der Waals surface area contributed by atoms with Crippen LogP contribution in [0.4, 0.5) is 0 Å². The molecule has 16 heavy (non-hydrogen) atoms. The second-order valence-corrected chi connectivity index (χ2v) is 4.61. The Labute approximate surface area is 102 Å². The van der Waals surface area contributed by atoms with E-state index in [0.717, 1.165) is 13.0 Å². The topological polar surface area (TPSA) is 35.2 Å². The van der Waals surface area contributed by atoms with E-state index in [1.54, 1.807) is 0 Å². The predicted octanol–water partition coefficient (Wildman–Crippen LogP) is 4.23. The zero-order valence-corrected chi connectivity index (χ0v) is 11.3. The SMILES string of the molecule is CCCCCCCCCCCC(N)OCC. The van der Waals surface area contributed by atoms with E-state index < -0.39 is 0 Å². The van der Waals surface area contributed by atoms with Gasteiger partial charge in [-0.15, -0.1) is 0 Å². The van der Waals surface area contributed by atoms with Crippen LogP contribution in [0.25, 0.3) is 0 Å². The first-order chi connectivity index (χ1) is 7.81. The van der Waals surface area contributed by atoms with Gasteiger partial charge in [0, 0.05) is 6.61 Å². The van der Waals surface area contributed by atoms with E-state index in [1.165, 1.54) is 57.8 Å². The highest BCUT2D eigenvalue weighted by Gasteiger charge is 2.00. The van der Waals surface area contributed by atoms with Gasteiger partial charge in [-0.2, -0.15) is 0 Å². The second-order valence-electron chi connectivity index (χ2n) is 4.61. The number of hydrogen-bond acceptors (Lipinski definition) is 2. The van der Waals surface area contributed by atoms with Gasteiger partial charge in [-0.3, -0.25) is 0 Å². The molecule has 0 rings (SSSR count). The molecular weight excluding hydrogens is 198 g/mol. The molecule has 2 nitrogen and oxygen atoms in total. The Morgan fingerprint density at radius 3 is 1.81 bits per heavy atom. The Morgan fingerprint density at radius 2 is 1.31 bits per heavy atom. The summed E-state index contributed by atoms with van der Waals surface area (Å²) in [6.45, 7) is 5.00. The Hall–Kier alpha value is -0.0800. The average molecular weight is 229 g/mol. The van der Waals surface area contributed by atoms with Crippen molar-refractivity contribution in [2.24, 2.45) is 5.73 Å². The molecule has 0 aliphatic heterocycles. The van der Waals surface area contributed by atoms with Crippen LogP contribution in [0, 0.1) is 0 Å². The highest BCUT2D eigenvalue weighted by Crippen LogP contribution is 2.11. The maximum absolute atomic E-state index is 5.76. The summed E-state index contributed by atoms with van der Waals surface area (Å²) in [5, 5.41) is 0. The zero-order chi connectivity index (χ0) is 12.1. The summed E-state index contributed by atoms with van der Waals surface area (Å²) in [4.78, 5) is 0. The summed E-state index contributed by atoms with van der Waals surface area (Å²) in [6, 6.07) is 0. The average Bonchev–Trinajstić information content (AvgIpc) is 2.27. The van der Waals surface area contributed by atoms with Crippen molar-refractivity contribution in [2.45, 2.75) is 84.3 Å². The van der Waals surface area contributed by atoms with Crippen molar-refractivity contribution in [1.82, 2.24) is 0 Å². The van der Waals surface area contributed by atoms with Crippen LogP contribution in [0.3, 0.4) is 0 Å². The summed E-state index contributed by atoms with van der Waals surface area (Å²) in [5.41, 5.74) is 5.76. The van der Waals surface area contributed by atoms with Crippen LogP contribution in [-0.2, 0) is 4.74 Å². The van der Waals surface area contributed by atoms with Gasteiger partial charge in [0.1, 0.15) is 6.23 Å². The van der Waals surface area contributed by atoms with Crippen LogP contribution < -0.4 is 5.73 Å². The van der Waals surface area contributed by atoms with Gasteiger partial charge in [-0.25, -0.2) is 0 Å². The lowest BCUT2D eigenvalue weighted by molar-refractivity contribution is 0.0597. The minimum Gasteiger partial charge on any atom is -0.364 e. The molecular formula is C14H31NO. The number of nitrogens with two attached hydrogens (primary N) is 1. The summed E-state index contributed by atoms with van der Waals surface area (Å²) in [5.74, 6) is 0. The molecule has 0 aliphatic rings. The van der Waals surface area contributed by atoms with E-state index >= 15 is 0 Å². The molecule has 2 heteroatoms. The number of hydrogen-bond donors (Lipinski definition) is 1. The van der Waals surface area contributed by atoms with E-state index in [4.69, 9.17) is 10.5 Å². The molecule has 0 bridgehead atoms. The van der Waals surface area contributed by atoms with Gasteiger partial charge in [0.05, 0.1) is 0 Å². The number of rotatable bonds is 12. The minimum atomic E-state index is -0.0328. The molecule has 0 aliphatic carbocycles. The summed E-state index contributed by atoms with van der Waals surface area (Å²) in [7, 11) is 0. The quantitative estimate of drug-likeness (QED) is 0.401. The largest absolute Gasteiger partial charge is 0.364 e. The lowest BCUT2D eigenvalue weighted by Gasteiger charge is -2.10. The van der Waals surface area contributed by atoms with Gasteiger partial charge < -0.3 is 10.5 Å². The second kappa shape index (κ2) is 13.0. The Bertz CT molecular complexity index is 128. The van der Waals surface area contributed by atoms with Crippen LogP contribution in [0.2, 0.25) is 0 Å². The molecule has 0 aromatic heterocycles. The van der Waals surface area contributed by atoms with Crippen molar-refractivity contribution in [3.63, 3.8) is 0 Å². The summed E-state index contributed by atoms with van der Waals surface area (Å²) in [6.07, 6.45) is 13.3. The maximum Gasteiger partial charge on any atom is 0.105 e. The van der Waals surface area contributed by atoms with Crippen LogP contribution in [0.15, 0.2) is 0 Å². The van der Waals surface area contributed by atoms with Gasteiger partial charge in [0.2, 0.25) is 0 Å². The molecule has 1 unspecified atom stereocenters. The van der Waals surface area contributed by atoms with Crippen LogP contribution in [-0.4, -0.2) is 12.8 Å². The zero-order valence-electron chi connectivity index (χ0n) is 11.3. The van der Waals surface area contributed by atoms with Crippen molar-refractivity contribution >= 4 is 0 Å². The minimum absolute atomic E-state index is 0.0328. The number of unbranched alkanes of at least 4 members (excludes halogenated alkanes) is 8. The first-order valence-corrected chi connectivity index (χ1v) is 7.18. The molecule has 2 N–H and O–H groups in total. The highest BCUT2D eigenvalue weighted by atomic mass is 16.5. The van der Waals surface area contributed by atoms with Crippen molar-refractivity contribution in [3.05, 3.63) is 0 Å². The molecule has 0 saturated carbocycles. The van der Waals surface area contributed by atoms with Crippen LogP contribution in [0.5, 0.6) is 0 Å². The van der Waals surface area contributed by atoms with E-state index in [1.807, 2.05) is 6.92 Å². The highest BCUT2D eigenvalue weighted by molar-refractivity contribution is 4.51. The maximum atomic E-state index is 5.76. The Kier molecular flexibility index (Phi) is 12.9. The molecule has 0 amide bonds. The monoisotopic (exact) mass is 229 g/mol. The van der Waals surface area contributed by atoms with E-state index in [0.29, 0.717) is 0 Å². The fraction of sp³-hybridized carbons (Fsp3) is 1.00. The summed E-state index contributed by atoms with van der Waals surface area (Å²) >= 11 is 0. The first-order valence-electron chi connectivity index (χ1n) is 7.18. The van der Waals surface area contributed by atoms with Gasteiger partial charge in [0.15, 0.2) is 0 Å². The molecule has 0 heterocycles. The fourth-order valence-electron chi connectivity index (χ4n) is 1.95. The first kappa shape index (κ1) is 15.9. The predicted molar refractivity (Wildman–Crippen MR) is 71.4 cm³/mol. The molecule has 1 atom stereocenters. The smallest absolute Gasteiger partial charge is 0.105 e. The van der Waals surface area contributed by atoms with Gasteiger partial charge in [-0.05, 0) is 19.8 Å². The molecule has 0 aromatic rings. The lowest BCUT2D eigenvalue weighted by Crippen LogP contribution is -2.23. The third kappa shape index (κ3) is 12.0. The van der Waals surface area contributed by atoms with Gasteiger partial charge >= 0.3 is 0 Å². The Morgan fingerprint density at radius 1 is 0.812 bits per heavy atom. The van der Waals surface area contributed by atoms with E-state index in [2.05, 4.69) is 6.92 Å².